The van der Waals surface area contributed by atoms with Gasteiger partial charge < -0.3 is 19.0 Å². The SMILES string of the molecule is CCOC(=O)[C@H](O[Si](C)(C)C(C)(C)C)[C@@H](OCCCCCc1ccc(C)c(C)c1)C(=O)O. The van der Waals surface area contributed by atoms with Crippen molar-refractivity contribution in [1.82, 2.24) is 0 Å². The fraction of sp³-hybridized carbons (Fsp3) is 0.680. The van der Waals surface area contributed by atoms with E-state index in [1.165, 1.54) is 16.7 Å². The number of esters is 1. The molecule has 1 rings (SSSR count). The Morgan fingerprint density at radius 2 is 1.69 bits per heavy atom. The van der Waals surface area contributed by atoms with Crippen LogP contribution in [0.5, 0.6) is 0 Å². The zero-order valence-electron chi connectivity index (χ0n) is 21.1. The second kappa shape index (κ2) is 12.5. The molecule has 0 saturated carbocycles. The molecule has 7 heteroatoms. The average Bonchev–Trinajstić information content (AvgIpc) is 2.67. The van der Waals surface area contributed by atoms with Crippen LogP contribution in [0.15, 0.2) is 18.2 Å². The van der Waals surface area contributed by atoms with E-state index in [2.05, 4.69) is 32.0 Å². The predicted molar refractivity (Wildman–Crippen MR) is 130 cm³/mol. The summed E-state index contributed by atoms with van der Waals surface area (Å²) in [7, 11) is -2.42. The second-order valence-corrected chi connectivity index (χ2v) is 14.7. The van der Waals surface area contributed by atoms with Crippen molar-refractivity contribution in [3.8, 4) is 0 Å². The number of hydrogen-bond acceptors (Lipinski definition) is 5. The first-order chi connectivity index (χ1) is 14.8. The minimum Gasteiger partial charge on any atom is -0.479 e. The molecule has 0 aliphatic rings. The van der Waals surface area contributed by atoms with Crippen LogP contribution in [-0.4, -0.2) is 50.8 Å². The Balaban J connectivity index is 2.69. The topological polar surface area (TPSA) is 82.1 Å². The maximum atomic E-state index is 12.6. The molecule has 32 heavy (non-hydrogen) atoms. The Morgan fingerprint density at radius 3 is 2.22 bits per heavy atom. The van der Waals surface area contributed by atoms with Gasteiger partial charge in [0.05, 0.1) is 6.61 Å². The van der Waals surface area contributed by atoms with E-state index in [0.29, 0.717) is 6.42 Å². The van der Waals surface area contributed by atoms with Crippen molar-refractivity contribution in [3.05, 3.63) is 34.9 Å². The van der Waals surface area contributed by atoms with Crippen molar-refractivity contribution in [3.63, 3.8) is 0 Å². The fourth-order valence-corrected chi connectivity index (χ4v) is 4.23. The number of ether oxygens (including phenoxy) is 2. The number of carbonyl (C=O) groups excluding carboxylic acids is 1. The average molecular weight is 467 g/mol. The van der Waals surface area contributed by atoms with Crippen LogP contribution in [0, 0.1) is 13.8 Å². The first kappa shape index (κ1) is 28.3. The lowest BCUT2D eigenvalue weighted by molar-refractivity contribution is -0.173. The molecule has 2 atom stereocenters. The van der Waals surface area contributed by atoms with E-state index in [1.807, 2.05) is 33.9 Å². The third kappa shape index (κ3) is 8.68. The van der Waals surface area contributed by atoms with Gasteiger partial charge in [-0.05, 0) is 74.9 Å². The number of aryl methyl sites for hydroxylation is 3. The van der Waals surface area contributed by atoms with Gasteiger partial charge in [0, 0.05) is 6.61 Å². The number of hydrogen-bond donors (Lipinski definition) is 1. The maximum absolute atomic E-state index is 12.6. The predicted octanol–water partition coefficient (Wildman–Crippen LogP) is 5.44. The minimum atomic E-state index is -2.42. The van der Waals surface area contributed by atoms with E-state index >= 15 is 0 Å². The van der Waals surface area contributed by atoms with Crippen molar-refractivity contribution in [2.45, 2.75) is 97.6 Å². The Labute approximate surface area is 194 Å². The van der Waals surface area contributed by atoms with Gasteiger partial charge in [-0.2, -0.15) is 0 Å². The summed E-state index contributed by atoms with van der Waals surface area (Å²) >= 11 is 0. The van der Waals surface area contributed by atoms with E-state index in [0.717, 1.165) is 19.3 Å². The molecule has 0 saturated heterocycles. The molecule has 0 bridgehead atoms. The van der Waals surface area contributed by atoms with E-state index in [1.54, 1.807) is 6.92 Å². The van der Waals surface area contributed by atoms with Gasteiger partial charge in [0.2, 0.25) is 0 Å². The molecule has 0 aliphatic heterocycles. The Hall–Kier alpha value is -1.70. The highest BCUT2D eigenvalue weighted by Gasteiger charge is 2.46. The number of carboxylic acids is 1. The molecule has 6 nitrogen and oxygen atoms in total. The van der Waals surface area contributed by atoms with E-state index < -0.39 is 32.5 Å². The highest BCUT2D eigenvalue weighted by Crippen LogP contribution is 2.38. The van der Waals surface area contributed by atoms with Gasteiger partial charge in [-0.3, -0.25) is 0 Å². The summed E-state index contributed by atoms with van der Waals surface area (Å²) in [4.78, 5) is 24.5. The zero-order chi connectivity index (χ0) is 24.5. The van der Waals surface area contributed by atoms with E-state index in [9.17, 15) is 14.7 Å². The Kier molecular flexibility index (Phi) is 11.1. The monoisotopic (exact) mass is 466 g/mol. The molecule has 0 fully saturated rings. The highest BCUT2D eigenvalue weighted by molar-refractivity contribution is 6.74. The Morgan fingerprint density at radius 1 is 1.03 bits per heavy atom. The molecular weight excluding hydrogens is 424 g/mol. The van der Waals surface area contributed by atoms with Gasteiger partial charge in [-0.25, -0.2) is 9.59 Å². The van der Waals surface area contributed by atoms with Gasteiger partial charge in [-0.1, -0.05) is 45.4 Å². The molecule has 182 valence electrons. The molecule has 0 amide bonds. The standard InChI is InChI=1S/C25H42O6Si/c1-9-29-24(28)22(31-32(7,8)25(4,5)6)21(23(26)27)30-16-12-10-11-13-20-15-14-18(2)19(3)17-20/h14-15,17,21-22H,9-13,16H2,1-8H3,(H,26,27)/t21-,22-/m1/s1. The lowest BCUT2D eigenvalue weighted by Gasteiger charge is -2.39. The summed E-state index contributed by atoms with van der Waals surface area (Å²) in [5.41, 5.74) is 3.89. The molecule has 0 unspecified atom stereocenters. The van der Waals surface area contributed by atoms with Crippen LogP contribution in [0.4, 0.5) is 0 Å². The van der Waals surface area contributed by atoms with Crippen molar-refractivity contribution in [2.24, 2.45) is 0 Å². The van der Waals surface area contributed by atoms with Crippen LogP contribution in [0.3, 0.4) is 0 Å². The van der Waals surface area contributed by atoms with E-state index in [4.69, 9.17) is 13.9 Å². The lowest BCUT2D eigenvalue weighted by Crippen LogP contribution is -2.53. The number of rotatable bonds is 13. The molecule has 1 aromatic rings. The fourth-order valence-electron chi connectivity index (χ4n) is 3.02. The van der Waals surface area contributed by atoms with Crippen LogP contribution in [0.2, 0.25) is 18.1 Å². The van der Waals surface area contributed by atoms with Crippen molar-refractivity contribution >= 4 is 20.3 Å². The van der Waals surface area contributed by atoms with Crippen molar-refractivity contribution in [2.75, 3.05) is 13.2 Å². The summed E-state index contributed by atoms with van der Waals surface area (Å²) in [5, 5.41) is 9.58. The van der Waals surface area contributed by atoms with Crippen LogP contribution < -0.4 is 0 Å². The third-order valence-corrected chi connectivity index (χ3v) is 10.7. The van der Waals surface area contributed by atoms with Crippen LogP contribution >= 0.6 is 0 Å². The van der Waals surface area contributed by atoms with Crippen LogP contribution in [0.1, 0.15) is 63.6 Å². The largest absolute Gasteiger partial charge is 0.479 e. The van der Waals surface area contributed by atoms with Gasteiger partial charge in [0.25, 0.3) is 0 Å². The molecule has 0 radical (unpaired) electrons. The van der Waals surface area contributed by atoms with Gasteiger partial charge >= 0.3 is 11.9 Å². The zero-order valence-corrected chi connectivity index (χ0v) is 22.1. The Bertz CT molecular complexity index is 753. The van der Waals surface area contributed by atoms with Crippen LogP contribution in [-0.2, 0) is 29.9 Å². The number of carbonyl (C=O) groups is 2. The van der Waals surface area contributed by atoms with Gasteiger partial charge in [-0.15, -0.1) is 0 Å². The van der Waals surface area contributed by atoms with Crippen molar-refractivity contribution in [1.29, 1.82) is 0 Å². The number of aliphatic carboxylic acids is 1. The molecule has 1 aromatic carbocycles. The summed E-state index contributed by atoms with van der Waals surface area (Å²) in [6, 6.07) is 6.51. The number of unbranched alkanes of at least 4 members (excludes halogenated alkanes) is 2. The maximum Gasteiger partial charge on any atom is 0.337 e. The second-order valence-electron chi connectivity index (χ2n) is 9.91. The quantitative estimate of drug-likeness (QED) is 0.237. The first-order valence-corrected chi connectivity index (χ1v) is 14.5. The minimum absolute atomic E-state index is 0.154. The molecule has 0 heterocycles. The summed E-state index contributed by atoms with van der Waals surface area (Å²) in [5.74, 6) is -1.89. The molecule has 0 spiro atoms. The lowest BCUT2D eigenvalue weighted by atomic mass is 10.0. The third-order valence-electron chi connectivity index (χ3n) is 6.24. The summed E-state index contributed by atoms with van der Waals surface area (Å²) in [6.07, 6.45) is 0.928. The van der Waals surface area contributed by atoms with Gasteiger partial charge in [0.15, 0.2) is 20.5 Å². The number of benzene rings is 1. The molecule has 0 aliphatic carbocycles. The molecular formula is C25H42O6Si. The smallest absolute Gasteiger partial charge is 0.337 e. The first-order valence-electron chi connectivity index (χ1n) is 11.5. The van der Waals surface area contributed by atoms with Crippen LogP contribution in [0.25, 0.3) is 0 Å². The van der Waals surface area contributed by atoms with E-state index in [-0.39, 0.29) is 18.3 Å². The summed E-state index contributed by atoms with van der Waals surface area (Å²) in [6.45, 7) is 16.4. The van der Waals surface area contributed by atoms with Crippen molar-refractivity contribution < 1.29 is 28.6 Å². The summed E-state index contributed by atoms with van der Waals surface area (Å²) < 4.78 is 17.0. The van der Waals surface area contributed by atoms with Gasteiger partial charge in [0.1, 0.15) is 0 Å². The number of carboxylic acid groups (broad SMARTS) is 1. The normalized spacial score (nSPS) is 14.1. The highest BCUT2D eigenvalue weighted by atomic mass is 28.4. The molecule has 0 aromatic heterocycles. The molecule has 1 N–H and O–H groups in total.